The zero-order valence-electron chi connectivity index (χ0n) is 16.7. The van der Waals surface area contributed by atoms with E-state index < -0.39 is 17.6 Å². The van der Waals surface area contributed by atoms with E-state index in [1.54, 1.807) is 25.1 Å². The van der Waals surface area contributed by atoms with E-state index in [-0.39, 0.29) is 29.3 Å². The Hall–Kier alpha value is -3.75. The fourth-order valence-electron chi connectivity index (χ4n) is 3.49. The maximum absolute atomic E-state index is 13.3. The summed E-state index contributed by atoms with van der Waals surface area (Å²) in [6.45, 7) is 3.17. The number of alkyl halides is 3. The number of nitrogens with zero attached hydrogens (tertiary/aromatic N) is 3. The van der Waals surface area contributed by atoms with E-state index in [4.69, 9.17) is 5.73 Å². The molecule has 1 aliphatic heterocycles. The second kappa shape index (κ2) is 7.50. The van der Waals surface area contributed by atoms with Gasteiger partial charge in [-0.2, -0.15) is 13.2 Å². The predicted molar refractivity (Wildman–Crippen MR) is 112 cm³/mol. The van der Waals surface area contributed by atoms with Crippen LogP contribution in [-0.2, 0) is 11.0 Å². The minimum atomic E-state index is -4.52. The molecule has 3 N–H and O–H groups in total. The van der Waals surface area contributed by atoms with Gasteiger partial charge < -0.3 is 11.1 Å². The Morgan fingerprint density at radius 2 is 1.77 bits per heavy atom. The number of benzene rings is 2. The Kier molecular flexibility index (Phi) is 4.96. The summed E-state index contributed by atoms with van der Waals surface area (Å²) in [5.74, 6) is -0.293. The fourth-order valence-corrected chi connectivity index (χ4v) is 3.49. The van der Waals surface area contributed by atoms with Gasteiger partial charge in [-0.25, -0.2) is 9.97 Å². The smallest absolute Gasteiger partial charge is 0.368 e. The molecule has 9 heteroatoms. The number of aryl methyl sites for hydroxylation is 2. The second-order valence-electron chi connectivity index (χ2n) is 7.30. The highest BCUT2D eigenvalue weighted by molar-refractivity contribution is 6.17. The van der Waals surface area contributed by atoms with Crippen molar-refractivity contribution in [3.05, 3.63) is 64.8 Å². The highest BCUT2D eigenvalue weighted by Gasteiger charge is 2.34. The average Bonchev–Trinajstić information content (AvgIpc) is 2.83. The first-order chi connectivity index (χ1) is 14.6. The normalized spacial score (nSPS) is 13.8. The molecular weight excluding hydrogens is 407 g/mol. The first kappa shape index (κ1) is 20.5. The lowest BCUT2D eigenvalue weighted by molar-refractivity contribution is -0.138. The van der Waals surface area contributed by atoms with Crippen LogP contribution in [0.25, 0.3) is 11.3 Å². The molecule has 0 unspecified atom stereocenters. The number of halogens is 3. The maximum Gasteiger partial charge on any atom is 0.416 e. The third-order valence-electron chi connectivity index (χ3n) is 4.87. The Labute approximate surface area is 176 Å². The van der Waals surface area contributed by atoms with Gasteiger partial charge in [-0.15, -0.1) is 0 Å². The van der Waals surface area contributed by atoms with Crippen LogP contribution in [0.5, 0.6) is 0 Å². The zero-order valence-corrected chi connectivity index (χ0v) is 16.7. The van der Waals surface area contributed by atoms with Gasteiger partial charge in [0, 0.05) is 11.3 Å². The van der Waals surface area contributed by atoms with E-state index in [2.05, 4.69) is 20.3 Å². The van der Waals surface area contributed by atoms with E-state index in [1.807, 2.05) is 12.1 Å². The molecule has 0 radical (unpaired) electrons. The standard InChI is InChI=1S/C22H18F3N5O/c1-11-6-18-19(9-15(11)22(23,24)25)29-20(31)10-17(28-18)14-5-3-4-13(8-14)16-7-12(2)27-21(26)30-16/h3-9H,10H2,1-2H3,(H,29,31)(H2,26,27,30). The summed E-state index contributed by atoms with van der Waals surface area (Å²) in [5.41, 5.74) is 8.48. The molecule has 2 heterocycles. The minimum absolute atomic E-state index is 0.0335. The molecule has 0 saturated carbocycles. The molecule has 31 heavy (non-hydrogen) atoms. The summed E-state index contributed by atoms with van der Waals surface area (Å²) >= 11 is 0. The lowest BCUT2D eigenvalue weighted by atomic mass is 10.0. The molecule has 6 nitrogen and oxygen atoms in total. The molecule has 2 aromatic carbocycles. The summed E-state index contributed by atoms with van der Waals surface area (Å²) < 4.78 is 39.8. The minimum Gasteiger partial charge on any atom is -0.368 e. The molecule has 0 spiro atoms. The lowest BCUT2D eigenvalue weighted by Gasteiger charge is -2.13. The van der Waals surface area contributed by atoms with Gasteiger partial charge in [0.15, 0.2) is 0 Å². The van der Waals surface area contributed by atoms with Crippen molar-refractivity contribution in [3.63, 3.8) is 0 Å². The van der Waals surface area contributed by atoms with Crippen LogP contribution in [-0.4, -0.2) is 21.6 Å². The maximum atomic E-state index is 13.3. The Bertz CT molecular complexity index is 1210. The zero-order chi connectivity index (χ0) is 22.3. The van der Waals surface area contributed by atoms with E-state index in [1.165, 1.54) is 13.0 Å². The Balaban J connectivity index is 1.80. The molecule has 0 atom stereocenters. The largest absolute Gasteiger partial charge is 0.416 e. The number of amides is 1. The van der Waals surface area contributed by atoms with Crippen molar-refractivity contribution in [1.82, 2.24) is 9.97 Å². The van der Waals surface area contributed by atoms with Crippen LogP contribution in [0.1, 0.15) is 28.8 Å². The summed E-state index contributed by atoms with van der Waals surface area (Å²) in [7, 11) is 0. The number of carbonyl (C=O) groups excluding carboxylic acids is 1. The van der Waals surface area contributed by atoms with Crippen molar-refractivity contribution in [2.45, 2.75) is 26.4 Å². The van der Waals surface area contributed by atoms with Gasteiger partial charge in [0.05, 0.1) is 34.8 Å². The Morgan fingerprint density at radius 1 is 1.03 bits per heavy atom. The van der Waals surface area contributed by atoms with E-state index in [0.717, 1.165) is 11.6 Å². The van der Waals surface area contributed by atoms with Crippen LogP contribution >= 0.6 is 0 Å². The number of rotatable bonds is 2. The van der Waals surface area contributed by atoms with Crippen LogP contribution in [0.4, 0.5) is 30.5 Å². The van der Waals surface area contributed by atoms with Gasteiger partial charge in [0.1, 0.15) is 0 Å². The van der Waals surface area contributed by atoms with E-state index in [9.17, 15) is 18.0 Å². The van der Waals surface area contributed by atoms with Crippen molar-refractivity contribution in [3.8, 4) is 11.3 Å². The highest BCUT2D eigenvalue weighted by Crippen LogP contribution is 2.39. The van der Waals surface area contributed by atoms with E-state index in [0.29, 0.717) is 22.7 Å². The van der Waals surface area contributed by atoms with Gasteiger partial charge in [-0.05, 0) is 49.2 Å². The first-order valence-electron chi connectivity index (χ1n) is 9.41. The number of nitrogens with two attached hydrogens (primary N) is 1. The fraction of sp³-hybridized carbons (Fsp3) is 0.182. The first-order valence-corrected chi connectivity index (χ1v) is 9.41. The molecule has 0 saturated heterocycles. The number of hydrogen-bond acceptors (Lipinski definition) is 5. The second-order valence-corrected chi connectivity index (χ2v) is 7.30. The average molecular weight is 425 g/mol. The van der Waals surface area contributed by atoms with Crippen LogP contribution in [0.3, 0.4) is 0 Å². The third kappa shape index (κ3) is 4.25. The van der Waals surface area contributed by atoms with Gasteiger partial charge in [0.2, 0.25) is 11.9 Å². The summed E-state index contributed by atoms with van der Waals surface area (Å²) in [6.07, 6.45) is -4.60. The van der Waals surface area contributed by atoms with Crippen LogP contribution < -0.4 is 11.1 Å². The van der Waals surface area contributed by atoms with Crippen molar-refractivity contribution in [1.29, 1.82) is 0 Å². The van der Waals surface area contributed by atoms with Crippen molar-refractivity contribution >= 4 is 28.9 Å². The van der Waals surface area contributed by atoms with Crippen molar-refractivity contribution < 1.29 is 18.0 Å². The molecule has 3 aromatic rings. The predicted octanol–water partition coefficient (Wildman–Crippen LogP) is 4.82. The number of aliphatic imine (C=N–C) groups is 1. The number of carbonyl (C=O) groups is 1. The SMILES string of the molecule is Cc1cc(-c2cccc(C3=Nc4cc(C)c(C(F)(F)F)cc4NC(=O)C3)c2)nc(N)n1. The quantitative estimate of drug-likeness (QED) is 0.615. The van der Waals surface area contributed by atoms with Gasteiger partial charge in [-0.1, -0.05) is 18.2 Å². The molecule has 0 bridgehead atoms. The molecule has 4 rings (SSSR count). The molecule has 0 aliphatic carbocycles. The van der Waals surface area contributed by atoms with Gasteiger partial charge in [-0.3, -0.25) is 9.79 Å². The number of hydrogen-bond donors (Lipinski definition) is 2. The van der Waals surface area contributed by atoms with Crippen molar-refractivity contribution in [2.75, 3.05) is 11.1 Å². The molecule has 0 fully saturated rings. The number of anilines is 2. The third-order valence-corrected chi connectivity index (χ3v) is 4.87. The van der Waals surface area contributed by atoms with Gasteiger partial charge >= 0.3 is 6.18 Å². The monoisotopic (exact) mass is 425 g/mol. The number of aromatic nitrogens is 2. The number of nitrogen functional groups attached to an aromatic ring is 1. The van der Waals surface area contributed by atoms with Crippen molar-refractivity contribution in [2.24, 2.45) is 4.99 Å². The van der Waals surface area contributed by atoms with Crippen LogP contribution in [0.15, 0.2) is 47.5 Å². The topological polar surface area (TPSA) is 93.3 Å². The highest BCUT2D eigenvalue weighted by atomic mass is 19.4. The molecule has 1 amide bonds. The van der Waals surface area contributed by atoms with Crippen LogP contribution in [0, 0.1) is 13.8 Å². The van der Waals surface area contributed by atoms with Gasteiger partial charge in [0.25, 0.3) is 0 Å². The molecular formula is C22H18F3N5O. The number of nitrogens with one attached hydrogen (secondary N) is 1. The summed E-state index contributed by atoms with van der Waals surface area (Å²) in [5, 5.41) is 2.53. The summed E-state index contributed by atoms with van der Waals surface area (Å²) in [6, 6.07) is 11.3. The Morgan fingerprint density at radius 3 is 2.48 bits per heavy atom. The lowest BCUT2D eigenvalue weighted by Crippen LogP contribution is -2.15. The van der Waals surface area contributed by atoms with E-state index >= 15 is 0 Å². The van der Waals surface area contributed by atoms with Crippen LogP contribution in [0.2, 0.25) is 0 Å². The molecule has 1 aliphatic rings. The summed E-state index contributed by atoms with van der Waals surface area (Å²) in [4.78, 5) is 25.2. The number of fused-ring (bicyclic) bond motifs is 1. The molecule has 158 valence electrons. The molecule has 1 aromatic heterocycles.